The Hall–Kier alpha value is -1.22. The molecule has 1 aromatic rings. The third-order valence-corrected chi connectivity index (χ3v) is 4.32. The zero-order valence-corrected chi connectivity index (χ0v) is 12.4. The Morgan fingerprint density at radius 3 is 2.85 bits per heavy atom. The number of benzene rings is 1. The molecule has 1 aliphatic heterocycles. The summed E-state index contributed by atoms with van der Waals surface area (Å²) in [6, 6.07) is 6.87. The van der Waals surface area contributed by atoms with E-state index in [0.29, 0.717) is 6.04 Å². The molecule has 1 fully saturated rings. The molecule has 2 unspecified atom stereocenters. The van der Waals surface area contributed by atoms with E-state index in [-0.39, 0.29) is 17.3 Å². The van der Waals surface area contributed by atoms with Crippen molar-refractivity contribution in [1.82, 2.24) is 4.90 Å². The van der Waals surface area contributed by atoms with Crippen LogP contribution in [0.15, 0.2) is 24.3 Å². The SMILES string of the molecule is CCC1CCCCN1CC(C)C(=O)c1ccccc1F. The van der Waals surface area contributed by atoms with Gasteiger partial charge >= 0.3 is 0 Å². The van der Waals surface area contributed by atoms with Crippen LogP contribution in [0.4, 0.5) is 4.39 Å². The Labute approximate surface area is 121 Å². The summed E-state index contributed by atoms with van der Waals surface area (Å²) < 4.78 is 13.7. The lowest BCUT2D eigenvalue weighted by Gasteiger charge is -2.36. The predicted molar refractivity (Wildman–Crippen MR) is 79.4 cm³/mol. The van der Waals surface area contributed by atoms with Crippen LogP contribution in [0.2, 0.25) is 0 Å². The van der Waals surface area contributed by atoms with Gasteiger partial charge in [-0.1, -0.05) is 32.4 Å². The normalized spacial score (nSPS) is 21.6. The van der Waals surface area contributed by atoms with Gasteiger partial charge in [0.2, 0.25) is 0 Å². The van der Waals surface area contributed by atoms with E-state index in [1.54, 1.807) is 18.2 Å². The number of hydrogen-bond acceptors (Lipinski definition) is 2. The summed E-state index contributed by atoms with van der Waals surface area (Å²) in [7, 11) is 0. The van der Waals surface area contributed by atoms with E-state index in [2.05, 4.69) is 11.8 Å². The van der Waals surface area contributed by atoms with Gasteiger partial charge in [-0.05, 0) is 37.9 Å². The average molecular weight is 277 g/mol. The van der Waals surface area contributed by atoms with Gasteiger partial charge in [-0.3, -0.25) is 9.69 Å². The highest BCUT2D eigenvalue weighted by Gasteiger charge is 2.26. The lowest BCUT2D eigenvalue weighted by Crippen LogP contribution is -2.42. The van der Waals surface area contributed by atoms with Gasteiger partial charge in [-0.2, -0.15) is 0 Å². The van der Waals surface area contributed by atoms with E-state index in [1.165, 1.54) is 25.3 Å². The first-order chi connectivity index (χ1) is 9.63. The monoisotopic (exact) mass is 277 g/mol. The minimum absolute atomic E-state index is 0.0801. The van der Waals surface area contributed by atoms with Crippen molar-refractivity contribution in [1.29, 1.82) is 0 Å². The van der Waals surface area contributed by atoms with E-state index in [1.807, 2.05) is 6.92 Å². The minimum Gasteiger partial charge on any atom is -0.300 e. The molecule has 0 bridgehead atoms. The van der Waals surface area contributed by atoms with Crippen LogP contribution in [-0.2, 0) is 0 Å². The maximum atomic E-state index is 13.7. The second kappa shape index (κ2) is 6.98. The number of likely N-dealkylation sites (tertiary alicyclic amines) is 1. The van der Waals surface area contributed by atoms with Crippen LogP contribution < -0.4 is 0 Å². The summed E-state index contributed by atoms with van der Waals surface area (Å²) >= 11 is 0. The molecule has 0 aromatic heterocycles. The van der Waals surface area contributed by atoms with Crippen molar-refractivity contribution in [2.24, 2.45) is 5.92 Å². The summed E-state index contributed by atoms with van der Waals surface area (Å²) in [5.74, 6) is -0.641. The lowest BCUT2D eigenvalue weighted by molar-refractivity contribution is 0.0816. The topological polar surface area (TPSA) is 20.3 Å². The second-order valence-corrected chi connectivity index (χ2v) is 5.80. The standard InChI is InChI=1S/C17H24FNO/c1-3-14-8-6-7-11-19(14)12-13(2)17(20)15-9-4-5-10-16(15)18/h4-5,9-10,13-14H,3,6-8,11-12H2,1-2H3. The molecular weight excluding hydrogens is 253 g/mol. The molecule has 1 saturated heterocycles. The van der Waals surface area contributed by atoms with Gasteiger partial charge in [0.05, 0.1) is 5.56 Å². The van der Waals surface area contributed by atoms with Crippen molar-refractivity contribution in [3.05, 3.63) is 35.6 Å². The van der Waals surface area contributed by atoms with E-state index < -0.39 is 5.82 Å². The number of halogens is 1. The second-order valence-electron chi connectivity index (χ2n) is 5.80. The molecule has 0 saturated carbocycles. The first-order valence-corrected chi connectivity index (χ1v) is 7.66. The molecule has 1 aromatic carbocycles. The maximum absolute atomic E-state index is 13.7. The van der Waals surface area contributed by atoms with Crippen LogP contribution in [0.5, 0.6) is 0 Å². The van der Waals surface area contributed by atoms with Crippen molar-refractivity contribution in [2.45, 2.75) is 45.6 Å². The molecule has 2 rings (SSSR count). The van der Waals surface area contributed by atoms with Crippen LogP contribution in [0.25, 0.3) is 0 Å². The van der Waals surface area contributed by atoms with Crippen LogP contribution in [0.1, 0.15) is 49.9 Å². The van der Waals surface area contributed by atoms with E-state index in [9.17, 15) is 9.18 Å². The Balaban J connectivity index is 2.02. The third-order valence-electron chi connectivity index (χ3n) is 4.32. The molecule has 1 heterocycles. The third kappa shape index (κ3) is 3.45. The summed E-state index contributed by atoms with van der Waals surface area (Å²) in [5.41, 5.74) is 0.227. The molecule has 110 valence electrons. The van der Waals surface area contributed by atoms with Gasteiger partial charge in [0.25, 0.3) is 0 Å². The fourth-order valence-electron chi connectivity index (χ4n) is 3.12. The number of Topliss-reactive ketones (excluding diaryl/α,β-unsaturated/α-hetero) is 1. The molecule has 20 heavy (non-hydrogen) atoms. The highest BCUT2D eigenvalue weighted by molar-refractivity contribution is 5.98. The molecule has 0 aliphatic carbocycles. The molecule has 0 amide bonds. The summed E-state index contributed by atoms with van der Waals surface area (Å²) in [6.45, 7) is 5.92. The number of hydrogen-bond donors (Lipinski definition) is 0. The molecule has 0 N–H and O–H groups in total. The molecular formula is C17H24FNO. The first-order valence-electron chi connectivity index (χ1n) is 7.66. The fraction of sp³-hybridized carbons (Fsp3) is 0.588. The molecule has 1 aliphatic rings. The molecule has 3 heteroatoms. The summed E-state index contributed by atoms with van der Waals surface area (Å²) in [5, 5.41) is 0. The highest BCUT2D eigenvalue weighted by Crippen LogP contribution is 2.22. The van der Waals surface area contributed by atoms with Crippen molar-refractivity contribution in [2.75, 3.05) is 13.1 Å². The van der Waals surface area contributed by atoms with Crippen molar-refractivity contribution in [3.8, 4) is 0 Å². The van der Waals surface area contributed by atoms with Gasteiger partial charge in [0.1, 0.15) is 5.82 Å². The Kier molecular flexibility index (Phi) is 5.30. The van der Waals surface area contributed by atoms with Crippen molar-refractivity contribution in [3.63, 3.8) is 0 Å². The number of ketones is 1. The first kappa shape index (κ1) is 15.2. The zero-order valence-electron chi connectivity index (χ0n) is 12.4. The zero-order chi connectivity index (χ0) is 14.5. The van der Waals surface area contributed by atoms with Gasteiger partial charge in [0, 0.05) is 18.5 Å². The van der Waals surface area contributed by atoms with E-state index in [0.717, 1.165) is 19.5 Å². The summed E-state index contributed by atoms with van der Waals surface area (Å²) in [6.07, 6.45) is 4.83. The number of carbonyl (C=O) groups is 1. The largest absolute Gasteiger partial charge is 0.300 e. The van der Waals surface area contributed by atoms with Crippen LogP contribution in [-0.4, -0.2) is 29.8 Å². The average Bonchev–Trinajstić information content (AvgIpc) is 2.47. The smallest absolute Gasteiger partial charge is 0.169 e. The molecule has 2 atom stereocenters. The molecule has 2 nitrogen and oxygen atoms in total. The maximum Gasteiger partial charge on any atom is 0.169 e. The fourth-order valence-corrected chi connectivity index (χ4v) is 3.12. The Bertz CT molecular complexity index is 460. The van der Waals surface area contributed by atoms with Gasteiger partial charge in [0.15, 0.2) is 5.78 Å². The number of nitrogens with zero attached hydrogens (tertiary/aromatic N) is 1. The Morgan fingerprint density at radius 1 is 1.40 bits per heavy atom. The predicted octanol–water partition coefficient (Wildman–Crippen LogP) is 3.91. The van der Waals surface area contributed by atoms with Gasteiger partial charge in [-0.15, -0.1) is 0 Å². The van der Waals surface area contributed by atoms with Gasteiger partial charge < -0.3 is 0 Å². The van der Waals surface area contributed by atoms with E-state index in [4.69, 9.17) is 0 Å². The lowest BCUT2D eigenvalue weighted by atomic mass is 9.94. The van der Waals surface area contributed by atoms with Gasteiger partial charge in [-0.25, -0.2) is 4.39 Å². The minimum atomic E-state index is -0.407. The van der Waals surface area contributed by atoms with Crippen LogP contribution in [0, 0.1) is 11.7 Å². The van der Waals surface area contributed by atoms with E-state index >= 15 is 0 Å². The Morgan fingerprint density at radius 2 is 2.15 bits per heavy atom. The number of rotatable bonds is 5. The molecule has 0 radical (unpaired) electrons. The van der Waals surface area contributed by atoms with Crippen molar-refractivity contribution < 1.29 is 9.18 Å². The number of piperidine rings is 1. The van der Waals surface area contributed by atoms with Crippen molar-refractivity contribution >= 4 is 5.78 Å². The number of carbonyl (C=O) groups excluding carboxylic acids is 1. The highest BCUT2D eigenvalue weighted by atomic mass is 19.1. The summed E-state index contributed by atoms with van der Waals surface area (Å²) in [4.78, 5) is 14.8. The van der Waals surface area contributed by atoms with Crippen LogP contribution in [0.3, 0.4) is 0 Å². The quantitative estimate of drug-likeness (QED) is 0.761. The molecule has 0 spiro atoms. The van der Waals surface area contributed by atoms with Crippen LogP contribution >= 0.6 is 0 Å².